The molecular formula is C17H18N4O. The van der Waals surface area contributed by atoms with Gasteiger partial charge in [-0.3, -0.25) is 4.98 Å². The van der Waals surface area contributed by atoms with Gasteiger partial charge >= 0.3 is 0 Å². The number of rotatable bonds is 3. The summed E-state index contributed by atoms with van der Waals surface area (Å²) >= 11 is 0. The van der Waals surface area contributed by atoms with Crippen LogP contribution in [0.4, 0.5) is 5.95 Å². The molecular weight excluding hydrogens is 276 g/mol. The first-order valence-corrected chi connectivity index (χ1v) is 7.23. The van der Waals surface area contributed by atoms with E-state index >= 15 is 0 Å². The number of anilines is 1. The molecule has 22 heavy (non-hydrogen) atoms. The summed E-state index contributed by atoms with van der Waals surface area (Å²) in [5.74, 6) is 1.93. The number of nitrogen functional groups attached to an aromatic ring is 1. The Hall–Kier alpha value is -2.69. The lowest BCUT2D eigenvalue weighted by molar-refractivity contribution is 0.505. The molecule has 0 aromatic carbocycles. The van der Waals surface area contributed by atoms with Gasteiger partial charge in [-0.15, -0.1) is 0 Å². The topological polar surface area (TPSA) is 77.8 Å². The Morgan fingerprint density at radius 3 is 2.64 bits per heavy atom. The van der Waals surface area contributed by atoms with E-state index < -0.39 is 0 Å². The summed E-state index contributed by atoms with van der Waals surface area (Å²) in [6, 6.07) is 3.97. The Bertz CT molecular complexity index is 823. The van der Waals surface area contributed by atoms with Crippen molar-refractivity contribution in [3.63, 3.8) is 0 Å². The zero-order valence-corrected chi connectivity index (χ0v) is 12.9. The highest BCUT2D eigenvalue weighted by Crippen LogP contribution is 2.35. The molecule has 0 fully saturated rings. The van der Waals surface area contributed by atoms with Crippen molar-refractivity contribution in [3.8, 4) is 22.4 Å². The van der Waals surface area contributed by atoms with Crippen molar-refractivity contribution in [1.29, 1.82) is 0 Å². The molecule has 112 valence electrons. The van der Waals surface area contributed by atoms with E-state index in [1.54, 1.807) is 12.4 Å². The van der Waals surface area contributed by atoms with Gasteiger partial charge in [-0.2, -0.15) is 0 Å². The zero-order chi connectivity index (χ0) is 15.7. The number of nitrogens with two attached hydrogens (primary N) is 1. The number of aromatic nitrogens is 3. The number of nitrogens with zero attached hydrogens (tertiary/aromatic N) is 3. The van der Waals surface area contributed by atoms with Crippen LogP contribution >= 0.6 is 0 Å². The molecule has 3 aromatic rings. The van der Waals surface area contributed by atoms with Crippen molar-refractivity contribution < 1.29 is 4.42 Å². The number of pyridine rings is 1. The molecule has 0 amide bonds. The van der Waals surface area contributed by atoms with Gasteiger partial charge in [-0.05, 0) is 43.5 Å². The average molecular weight is 294 g/mol. The third-order valence-electron chi connectivity index (χ3n) is 3.68. The molecule has 3 aromatic heterocycles. The van der Waals surface area contributed by atoms with Crippen LogP contribution in [0.2, 0.25) is 0 Å². The van der Waals surface area contributed by atoms with Gasteiger partial charge in [0.1, 0.15) is 11.5 Å². The van der Waals surface area contributed by atoms with E-state index in [1.165, 1.54) is 0 Å². The van der Waals surface area contributed by atoms with Crippen molar-refractivity contribution in [3.05, 3.63) is 47.8 Å². The minimum absolute atomic E-state index is 0.254. The molecule has 0 saturated heterocycles. The Morgan fingerprint density at radius 1 is 1.14 bits per heavy atom. The average Bonchev–Trinajstić information content (AvgIpc) is 2.85. The highest BCUT2D eigenvalue weighted by molar-refractivity contribution is 5.83. The van der Waals surface area contributed by atoms with Crippen LogP contribution in [0.5, 0.6) is 0 Å². The van der Waals surface area contributed by atoms with Gasteiger partial charge in [0.25, 0.3) is 0 Å². The Morgan fingerprint density at radius 2 is 1.95 bits per heavy atom. The number of hydrogen-bond donors (Lipinski definition) is 1. The number of furan rings is 1. The first kappa shape index (κ1) is 14.3. The SMILES string of the molecule is CCc1cnccc1-c1cnc(N)nc1-c1cc(C)oc1C. The molecule has 5 heteroatoms. The van der Waals surface area contributed by atoms with E-state index in [4.69, 9.17) is 10.2 Å². The molecule has 0 saturated carbocycles. The smallest absolute Gasteiger partial charge is 0.220 e. The van der Waals surface area contributed by atoms with Gasteiger partial charge in [-0.25, -0.2) is 9.97 Å². The summed E-state index contributed by atoms with van der Waals surface area (Å²) in [7, 11) is 0. The van der Waals surface area contributed by atoms with Crippen molar-refractivity contribution >= 4 is 5.95 Å². The van der Waals surface area contributed by atoms with Crippen LogP contribution < -0.4 is 5.73 Å². The van der Waals surface area contributed by atoms with Crippen LogP contribution in [0.1, 0.15) is 24.0 Å². The van der Waals surface area contributed by atoms with E-state index in [-0.39, 0.29) is 5.95 Å². The number of hydrogen-bond acceptors (Lipinski definition) is 5. The van der Waals surface area contributed by atoms with Gasteiger partial charge in [0, 0.05) is 29.7 Å². The summed E-state index contributed by atoms with van der Waals surface area (Å²) in [6.07, 6.45) is 6.31. The quantitative estimate of drug-likeness (QED) is 0.799. The summed E-state index contributed by atoms with van der Waals surface area (Å²) in [6.45, 7) is 5.95. The minimum atomic E-state index is 0.254. The molecule has 5 nitrogen and oxygen atoms in total. The van der Waals surface area contributed by atoms with Crippen molar-refractivity contribution in [2.45, 2.75) is 27.2 Å². The summed E-state index contributed by atoms with van der Waals surface area (Å²) in [4.78, 5) is 12.8. The molecule has 2 N–H and O–H groups in total. The molecule has 0 radical (unpaired) electrons. The zero-order valence-electron chi connectivity index (χ0n) is 12.9. The van der Waals surface area contributed by atoms with Gasteiger partial charge in [-0.1, -0.05) is 6.92 Å². The highest BCUT2D eigenvalue weighted by Gasteiger charge is 2.17. The molecule has 0 bridgehead atoms. The van der Waals surface area contributed by atoms with Crippen LogP contribution in [-0.4, -0.2) is 15.0 Å². The monoisotopic (exact) mass is 294 g/mol. The Kier molecular flexibility index (Phi) is 3.63. The predicted molar refractivity (Wildman–Crippen MR) is 86.2 cm³/mol. The van der Waals surface area contributed by atoms with Crippen molar-refractivity contribution in [2.24, 2.45) is 0 Å². The van der Waals surface area contributed by atoms with Crippen LogP contribution in [-0.2, 0) is 6.42 Å². The molecule has 0 unspecified atom stereocenters. The molecule has 0 spiro atoms. The lowest BCUT2D eigenvalue weighted by Gasteiger charge is -2.11. The standard InChI is InChI=1S/C17H18N4O/c1-4-12-8-19-6-5-13(12)15-9-20-17(18)21-16(15)14-7-10(2)22-11(14)3/h5-9H,4H2,1-3H3,(H2,18,20,21). The molecule has 0 atom stereocenters. The third-order valence-corrected chi connectivity index (χ3v) is 3.68. The fourth-order valence-electron chi connectivity index (χ4n) is 2.64. The maximum absolute atomic E-state index is 5.81. The maximum Gasteiger partial charge on any atom is 0.220 e. The molecule has 0 aliphatic carbocycles. The molecule has 0 aliphatic heterocycles. The Labute approximate surface area is 129 Å². The third kappa shape index (κ3) is 2.45. The van der Waals surface area contributed by atoms with Gasteiger partial charge in [0.05, 0.1) is 5.69 Å². The number of aryl methyl sites for hydroxylation is 3. The summed E-state index contributed by atoms with van der Waals surface area (Å²) in [5, 5.41) is 0. The van der Waals surface area contributed by atoms with Gasteiger partial charge in [0.15, 0.2) is 0 Å². The predicted octanol–water partition coefficient (Wildman–Crippen LogP) is 3.56. The maximum atomic E-state index is 5.81. The van der Waals surface area contributed by atoms with Crippen molar-refractivity contribution in [1.82, 2.24) is 15.0 Å². The normalized spacial score (nSPS) is 10.9. The lowest BCUT2D eigenvalue weighted by Crippen LogP contribution is -2.00. The molecule has 3 rings (SSSR count). The fourth-order valence-corrected chi connectivity index (χ4v) is 2.64. The summed E-state index contributed by atoms with van der Waals surface area (Å²) in [5.41, 5.74) is 10.7. The largest absolute Gasteiger partial charge is 0.466 e. The second kappa shape index (κ2) is 5.60. The fraction of sp³-hybridized carbons (Fsp3) is 0.235. The Balaban J connectivity index is 2.27. The highest BCUT2D eigenvalue weighted by atomic mass is 16.3. The van der Waals surface area contributed by atoms with E-state index in [9.17, 15) is 0 Å². The van der Waals surface area contributed by atoms with E-state index in [0.29, 0.717) is 0 Å². The van der Waals surface area contributed by atoms with E-state index in [1.807, 2.05) is 32.2 Å². The first-order valence-electron chi connectivity index (χ1n) is 7.23. The van der Waals surface area contributed by atoms with Crippen LogP contribution in [0.15, 0.2) is 35.1 Å². The summed E-state index contributed by atoms with van der Waals surface area (Å²) < 4.78 is 5.64. The molecule has 0 aliphatic rings. The van der Waals surface area contributed by atoms with E-state index in [0.717, 1.165) is 45.9 Å². The first-order chi connectivity index (χ1) is 10.6. The second-order valence-electron chi connectivity index (χ2n) is 5.20. The minimum Gasteiger partial charge on any atom is -0.466 e. The van der Waals surface area contributed by atoms with E-state index in [2.05, 4.69) is 21.9 Å². The van der Waals surface area contributed by atoms with Gasteiger partial charge in [0.2, 0.25) is 5.95 Å². The van der Waals surface area contributed by atoms with Crippen LogP contribution in [0, 0.1) is 13.8 Å². The van der Waals surface area contributed by atoms with Crippen LogP contribution in [0.25, 0.3) is 22.4 Å². The lowest BCUT2D eigenvalue weighted by atomic mass is 9.97. The molecule has 3 heterocycles. The second-order valence-corrected chi connectivity index (χ2v) is 5.20. The van der Waals surface area contributed by atoms with Crippen LogP contribution in [0.3, 0.4) is 0 Å². The van der Waals surface area contributed by atoms with Crippen molar-refractivity contribution in [2.75, 3.05) is 5.73 Å². The van der Waals surface area contributed by atoms with Gasteiger partial charge < -0.3 is 10.2 Å².